The maximum Gasteiger partial charge on any atom is 0.261 e. The van der Waals surface area contributed by atoms with Crippen LogP contribution >= 0.6 is 27.3 Å². The number of nitrogens with zero attached hydrogens (tertiary/aromatic N) is 3. The van der Waals surface area contributed by atoms with Crippen LogP contribution in [0.25, 0.3) is 26.5 Å². The normalized spacial score (nSPS) is 12.2. The molecule has 0 bridgehead atoms. The van der Waals surface area contributed by atoms with Gasteiger partial charge in [-0.15, -0.1) is 11.3 Å². The van der Waals surface area contributed by atoms with Crippen molar-refractivity contribution in [3.8, 4) is 10.4 Å². The van der Waals surface area contributed by atoms with Crippen molar-refractivity contribution in [1.82, 2.24) is 14.8 Å². The number of anilines is 1. The molecule has 10 heteroatoms. The van der Waals surface area contributed by atoms with Gasteiger partial charge in [0.05, 0.1) is 27.0 Å². The van der Waals surface area contributed by atoms with E-state index in [0.717, 1.165) is 14.9 Å². The lowest BCUT2D eigenvalue weighted by Gasteiger charge is -2.22. The molecule has 7 nitrogen and oxygen atoms in total. The van der Waals surface area contributed by atoms with Gasteiger partial charge in [0.15, 0.2) is 0 Å². The Balaban J connectivity index is 1.75. The first kappa shape index (κ1) is 23.5. The van der Waals surface area contributed by atoms with Gasteiger partial charge in [0.2, 0.25) is 5.88 Å². The lowest BCUT2D eigenvalue weighted by Crippen LogP contribution is -2.20. The van der Waals surface area contributed by atoms with E-state index in [4.69, 9.17) is 4.74 Å². The second-order valence-electron chi connectivity index (χ2n) is 8.44. The SMILES string of the molecule is C=C(OC(C)(C)C)n1cc(-c2sc3nc(C)cc(NS(=O)(=O)c4ccccc4)c3c2Br)cn1. The van der Waals surface area contributed by atoms with Crippen LogP contribution in [0.1, 0.15) is 26.5 Å². The highest BCUT2D eigenvalue weighted by Gasteiger charge is 2.22. The van der Waals surface area contributed by atoms with E-state index < -0.39 is 15.6 Å². The summed E-state index contributed by atoms with van der Waals surface area (Å²) in [4.78, 5) is 6.39. The Morgan fingerprint density at radius 3 is 2.61 bits per heavy atom. The Hall–Kier alpha value is -2.69. The number of nitrogens with one attached hydrogen (secondary N) is 1. The van der Waals surface area contributed by atoms with Gasteiger partial charge in [0, 0.05) is 21.9 Å². The molecular weight excluding hydrogens is 524 g/mol. The molecule has 0 fully saturated rings. The second-order valence-corrected chi connectivity index (χ2v) is 11.9. The van der Waals surface area contributed by atoms with Crippen LogP contribution in [-0.4, -0.2) is 28.8 Å². The molecule has 0 atom stereocenters. The molecule has 0 radical (unpaired) electrons. The van der Waals surface area contributed by atoms with Crippen molar-refractivity contribution < 1.29 is 13.2 Å². The maximum atomic E-state index is 13.0. The molecule has 1 aromatic carbocycles. The van der Waals surface area contributed by atoms with Gasteiger partial charge in [-0.2, -0.15) is 5.10 Å². The van der Waals surface area contributed by atoms with Crippen LogP contribution in [0.5, 0.6) is 0 Å². The van der Waals surface area contributed by atoms with Crippen LogP contribution in [0.4, 0.5) is 5.69 Å². The number of hydrogen-bond donors (Lipinski definition) is 1. The maximum absolute atomic E-state index is 13.0. The zero-order valence-corrected chi connectivity index (χ0v) is 21.8. The summed E-state index contributed by atoms with van der Waals surface area (Å²) in [7, 11) is -3.76. The minimum atomic E-state index is -3.76. The number of benzene rings is 1. The van der Waals surface area contributed by atoms with Crippen molar-refractivity contribution >= 4 is 59.1 Å². The van der Waals surface area contributed by atoms with E-state index in [2.05, 4.69) is 37.3 Å². The zero-order valence-electron chi connectivity index (χ0n) is 18.6. The fourth-order valence-electron chi connectivity index (χ4n) is 3.23. The largest absolute Gasteiger partial charge is 0.472 e. The number of fused-ring (bicyclic) bond motifs is 1. The van der Waals surface area contributed by atoms with E-state index in [1.54, 1.807) is 47.3 Å². The zero-order chi connectivity index (χ0) is 24.0. The van der Waals surface area contributed by atoms with Crippen LogP contribution in [0, 0.1) is 6.92 Å². The second kappa shape index (κ2) is 8.58. The summed E-state index contributed by atoms with van der Waals surface area (Å²) in [6, 6.07) is 10.00. The van der Waals surface area contributed by atoms with Crippen LogP contribution in [0.15, 0.2) is 64.7 Å². The quantitative estimate of drug-likeness (QED) is 0.288. The lowest BCUT2D eigenvalue weighted by molar-refractivity contribution is 0.0849. The Morgan fingerprint density at radius 2 is 1.94 bits per heavy atom. The standard InChI is InChI=1S/C23H23BrN4O3S2/c1-14-11-18(27-33(29,30)17-9-7-6-8-10-17)19-20(24)21(32-22(19)26-14)16-12-25-28(13-16)15(2)31-23(3,4)5/h6-13H,2H2,1,3-5H3,(H,26,27). The smallest absolute Gasteiger partial charge is 0.261 e. The Kier molecular flexibility index (Phi) is 6.10. The van der Waals surface area contributed by atoms with Crippen molar-refractivity contribution in [2.45, 2.75) is 38.2 Å². The third-order valence-electron chi connectivity index (χ3n) is 4.55. The van der Waals surface area contributed by atoms with Crippen LogP contribution in [0.3, 0.4) is 0 Å². The average molecular weight is 548 g/mol. The van der Waals surface area contributed by atoms with E-state index in [-0.39, 0.29) is 4.90 Å². The molecule has 4 aromatic rings. The van der Waals surface area contributed by atoms with Gasteiger partial charge in [-0.05, 0) is 68.4 Å². The predicted octanol–water partition coefficient (Wildman–Crippen LogP) is 6.27. The fourth-order valence-corrected chi connectivity index (χ4v) is 6.43. The van der Waals surface area contributed by atoms with Gasteiger partial charge in [-0.25, -0.2) is 18.1 Å². The summed E-state index contributed by atoms with van der Waals surface area (Å²) in [6.07, 6.45) is 3.54. The van der Waals surface area contributed by atoms with Crippen LogP contribution in [-0.2, 0) is 14.8 Å². The Labute approximate surface area is 205 Å². The van der Waals surface area contributed by atoms with Crippen molar-refractivity contribution in [2.75, 3.05) is 4.72 Å². The van der Waals surface area contributed by atoms with E-state index in [9.17, 15) is 8.42 Å². The monoisotopic (exact) mass is 546 g/mol. The summed E-state index contributed by atoms with van der Waals surface area (Å²) >= 11 is 5.12. The number of thiophene rings is 1. The van der Waals surface area contributed by atoms with Crippen molar-refractivity contribution in [1.29, 1.82) is 0 Å². The number of aromatic nitrogens is 3. The molecule has 172 valence electrons. The van der Waals surface area contributed by atoms with Crippen LogP contribution in [0.2, 0.25) is 0 Å². The highest BCUT2D eigenvalue weighted by molar-refractivity contribution is 9.10. The van der Waals surface area contributed by atoms with E-state index in [1.807, 2.05) is 33.9 Å². The number of ether oxygens (including phenoxy) is 1. The summed E-state index contributed by atoms with van der Waals surface area (Å²) in [6.45, 7) is 11.6. The molecule has 0 aliphatic carbocycles. The molecular formula is C23H23BrN4O3S2. The Morgan fingerprint density at radius 1 is 1.24 bits per heavy atom. The van der Waals surface area contributed by atoms with Gasteiger partial charge < -0.3 is 4.74 Å². The predicted molar refractivity (Wildman–Crippen MR) is 137 cm³/mol. The highest BCUT2D eigenvalue weighted by Crippen LogP contribution is 2.45. The molecule has 1 N–H and O–H groups in total. The van der Waals surface area contributed by atoms with E-state index >= 15 is 0 Å². The fraction of sp³-hybridized carbons (Fsp3) is 0.217. The number of halogens is 1. The molecule has 0 aliphatic rings. The van der Waals surface area contributed by atoms with Gasteiger partial charge in [-0.1, -0.05) is 18.2 Å². The third kappa shape index (κ3) is 4.97. The van der Waals surface area contributed by atoms with Crippen molar-refractivity contribution in [3.05, 3.63) is 65.5 Å². The number of rotatable bonds is 6. The first-order valence-corrected chi connectivity index (χ1v) is 13.1. The molecule has 0 amide bonds. The third-order valence-corrected chi connectivity index (χ3v) is 8.12. The van der Waals surface area contributed by atoms with Crippen molar-refractivity contribution in [2.24, 2.45) is 0 Å². The van der Waals surface area contributed by atoms with Gasteiger partial charge in [0.1, 0.15) is 10.4 Å². The average Bonchev–Trinajstić information content (AvgIpc) is 3.32. The highest BCUT2D eigenvalue weighted by atomic mass is 79.9. The molecule has 3 aromatic heterocycles. The molecule has 0 saturated carbocycles. The summed E-state index contributed by atoms with van der Waals surface area (Å²) in [5.74, 6) is 0.413. The topological polar surface area (TPSA) is 86.1 Å². The molecule has 0 unspecified atom stereocenters. The molecule has 33 heavy (non-hydrogen) atoms. The number of hydrogen-bond acceptors (Lipinski definition) is 6. The van der Waals surface area contributed by atoms with Crippen molar-refractivity contribution in [3.63, 3.8) is 0 Å². The van der Waals surface area contributed by atoms with Crippen LogP contribution < -0.4 is 4.72 Å². The minimum absolute atomic E-state index is 0.192. The minimum Gasteiger partial charge on any atom is -0.472 e. The lowest BCUT2D eigenvalue weighted by atomic mass is 10.2. The molecule has 0 aliphatic heterocycles. The molecule has 3 heterocycles. The number of pyridine rings is 1. The van der Waals surface area contributed by atoms with Gasteiger partial charge in [-0.3, -0.25) is 4.72 Å². The van der Waals surface area contributed by atoms with Gasteiger partial charge >= 0.3 is 0 Å². The van der Waals surface area contributed by atoms with Gasteiger partial charge in [0.25, 0.3) is 10.0 Å². The Bertz CT molecular complexity index is 1450. The molecule has 0 spiro atoms. The summed E-state index contributed by atoms with van der Waals surface area (Å²) < 4.78 is 36.8. The molecule has 4 rings (SSSR count). The summed E-state index contributed by atoms with van der Waals surface area (Å²) in [5, 5.41) is 5.07. The first-order chi connectivity index (χ1) is 15.4. The van der Waals surface area contributed by atoms with E-state index in [0.29, 0.717) is 27.5 Å². The van der Waals surface area contributed by atoms with E-state index in [1.165, 1.54) is 11.3 Å². The summed E-state index contributed by atoms with van der Waals surface area (Å²) in [5.41, 5.74) is 1.60. The number of aryl methyl sites for hydroxylation is 1. The molecule has 0 saturated heterocycles. The number of sulfonamides is 1. The first-order valence-electron chi connectivity index (χ1n) is 10.1.